The Hall–Kier alpha value is -0.920. The van der Waals surface area contributed by atoms with Gasteiger partial charge >= 0.3 is 0 Å². The van der Waals surface area contributed by atoms with Crippen LogP contribution in [0.2, 0.25) is 0 Å². The van der Waals surface area contributed by atoms with E-state index in [9.17, 15) is 0 Å². The molecule has 2 heteroatoms. The van der Waals surface area contributed by atoms with Crippen LogP contribution in [0.5, 0.6) is 0 Å². The van der Waals surface area contributed by atoms with Crippen LogP contribution >= 0.6 is 0 Å². The molecule has 0 unspecified atom stereocenters. The van der Waals surface area contributed by atoms with Crippen molar-refractivity contribution < 1.29 is 0 Å². The van der Waals surface area contributed by atoms with E-state index in [1.807, 2.05) is 6.92 Å². The lowest BCUT2D eigenvalue weighted by molar-refractivity contribution is 0.235. The van der Waals surface area contributed by atoms with E-state index in [2.05, 4.69) is 50.1 Å². The molecular formula is C13H26N2. The van der Waals surface area contributed by atoms with Crippen LogP contribution in [0.15, 0.2) is 24.0 Å². The average molecular weight is 210 g/mol. The maximum atomic E-state index is 3.97. The fourth-order valence-electron chi connectivity index (χ4n) is 1.70. The molecule has 0 aliphatic carbocycles. The van der Waals surface area contributed by atoms with Gasteiger partial charge in [0.2, 0.25) is 0 Å². The summed E-state index contributed by atoms with van der Waals surface area (Å²) in [5.41, 5.74) is 1.11. The third-order valence-corrected chi connectivity index (χ3v) is 2.55. The van der Waals surface area contributed by atoms with E-state index in [0.717, 1.165) is 31.8 Å². The Balaban J connectivity index is 4.93. The Bertz CT molecular complexity index is 197. The Morgan fingerprint density at radius 2 is 1.27 bits per heavy atom. The van der Waals surface area contributed by atoms with Crippen LogP contribution in [0.4, 0.5) is 0 Å². The van der Waals surface area contributed by atoms with Crippen molar-refractivity contribution in [1.82, 2.24) is 9.80 Å². The first-order chi connectivity index (χ1) is 7.10. The van der Waals surface area contributed by atoms with Gasteiger partial charge in [-0.25, -0.2) is 0 Å². The SMILES string of the molecule is C=C(C)C=C(N(CC)CC)N(CC)CC. The first-order valence-corrected chi connectivity index (χ1v) is 5.97. The quantitative estimate of drug-likeness (QED) is 0.596. The van der Waals surface area contributed by atoms with Crippen molar-refractivity contribution >= 4 is 0 Å². The molecule has 15 heavy (non-hydrogen) atoms. The van der Waals surface area contributed by atoms with Gasteiger partial charge in [0.1, 0.15) is 5.82 Å². The van der Waals surface area contributed by atoms with Gasteiger partial charge in [0, 0.05) is 26.2 Å². The first kappa shape index (κ1) is 14.1. The molecule has 0 aliphatic heterocycles. The van der Waals surface area contributed by atoms with Gasteiger partial charge < -0.3 is 9.80 Å². The highest BCUT2D eigenvalue weighted by molar-refractivity contribution is 5.17. The van der Waals surface area contributed by atoms with E-state index in [-0.39, 0.29) is 0 Å². The number of allylic oxidation sites excluding steroid dienone is 2. The summed E-state index contributed by atoms with van der Waals surface area (Å²) in [6.45, 7) is 19.0. The van der Waals surface area contributed by atoms with Crippen LogP contribution in [0.3, 0.4) is 0 Å². The minimum Gasteiger partial charge on any atom is -0.359 e. The molecule has 0 bridgehead atoms. The number of hydrogen-bond donors (Lipinski definition) is 0. The zero-order valence-electron chi connectivity index (χ0n) is 11.0. The third kappa shape index (κ3) is 4.41. The molecule has 0 aromatic heterocycles. The largest absolute Gasteiger partial charge is 0.359 e. The molecule has 0 N–H and O–H groups in total. The highest BCUT2D eigenvalue weighted by Crippen LogP contribution is 2.12. The average Bonchev–Trinajstić information content (AvgIpc) is 2.20. The Morgan fingerprint density at radius 1 is 0.933 bits per heavy atom. The van der Waals surface area contributed by atoms with Crippen molar-refractivity contribution in [3.63, 3.8) is 0 Å². The summed E-state index contributed by atoms with van der Waals surface area (Å²) in [6, 6.07) is 0. The van der Waals surface area contributed by atoms with Gasteiger partial charge in [0.15, 0.2) is 0 Å². The molecule has 0 radical (unpaired) electrons. The molecule has 0 rings (SSSR count). The van der Waals surface area contributed by atoms with Crippen molar-refractivity contribution in [2.75, 3.05) is 26.2 Å². The molecule has 0 atom stereocenters. The van der Waals surface area contributed by atoms with E-state index in [4.69, 9.17) is 0 Å². The summed E-state index contributed by atoms with van der Waals surface area (Å²) in [5.74, 6) is 1.30. The molecule has 0 aromatic rings. The summed E-state index contributed by atoms with van der Waals surface area (Å²) in [5, 5.41) is 0. The van der Waals surface area contributed by atoms with Gasteiger partial charge in [-0.15, -0.1) is 0 Å². The maximum Gasteiger partial charge on any atom is 0.104 e. The van der Waals surface area contributed by atoms with E-state index in [1.54, 1.807) is 0 Å². The predicted molar refractivity (Wildman–Crippen MR) is 68.7 cm³/mol. The molecule has 0 aromatic carbocycles. The third-order valence-electron chi connectivity index (χ3n) is 2.55. The lowest BCUT2D eigenvalue weighted by Crippen LogP contribution is -2.35. The molecule has 0 aliphatic rings. The Morgan fingerprint density at radius 3 is 1.47 bits per heavy atom. The minimum absolute atomic E-state index is 1.05. The Kier molecular flexibility index (Phi) is 6.93. The van der Waals surface area contributed by atoms with Gasteiger partial charge in [-0.3, -0.25) is 0 Å². The normalized spacial score (nSPS) is 9.67. The predicted octanol–water partition coefficient (Wildman–Crippen LogP) is 3.09. The van der Waals surface area contributed by atoms with Gasteiger partial charge in [-0.2, -0.15) is 0 Å². The second-order valence-corrected chi connectivity index (χ2v) is 3.69. The second-order valence-electron chi connectivity index (χ2n) is 3.69. The fourth-order valence-corrected chi connectivity index (χ4v) is 1.70. The van der Waals surface area contributed by atoms with Crippen molar-refractivity contribution in [2.24, 2.45) is 0 Å². The molecule has 0 saturated carbocycles. The zero-order chi connectivity index (χ0) is 11.8. The topological polar surface area (TPSA) is 6.48 Å². The summed E-state index contributed by atoms with van der Waals surface area (Å²) in [4.78, 5) is 4.75. The number of hydrogen-bond acceptors (Lipinski definition) is 2. The zero-order valence-corrected chi connectivity index (χ0v) is 11.0. The summed E-state index contributed by atoms with van der Waals surface area (Å²) in [7, 11) is 0. The second kappa shape index (κ2) is 7.38. The monoisotopic (exact) mass is 210 g/mol. The van der Waals surface area contributed by atoms with E-state index in [0.29, 0.717) is 0 Å². The van der Waals surface area contributed by atoms with Gasteiger partial charge in [-0.05, 0) is 40.7 Å². The van der Waals surface area contributed by atoms with Crippen molar-refractivity contribution in [1.29, 1.82) is 0 Å². The highest BCUT2D eigenvalue weighted by Gasteiger charge is 2.11. The van der Waals surface area contributed by atoms with Crippen LogP contribution in [-0.4, -0.2) is 36.0 Å². The minimum atomic E-state index is 1.05. The molecule has 0 heterocycles. The molecule has 2 nitrogen and oxygen atoms in total. The van der Waals surface area contributed by atoms with Crippen LogP contribution in [0.25, 0.3) is 0 Å². The summed E-state index contributed by atoms with van der Waals surface area (Å²) in [6.07, 6.45) is 2.18. The molecule has 0 saturated heterocycles. The first-order valence-electron chi connectivity index (χ1n) is 5.97. The van der Waals surface area contributed by atoms with Crippen LogP contribution in [0, 0.1) is 0 Å². The summed E-state index contributed by atoms with van der Waals surface area (Å²) >= 11 is 0. The lowest BCUT2D eigenvalue weighted by atomic mass is 10.3. The van der Waals surface area contributed by atoms with Gasteiger partial charge in [0.25, 0.3) is 0 Å². The van der Waals surface area contributed by atoms with Crippen LogP contribution in [-0.2, 0) is 0 Å². The molecule has 0 spiro atoms. The van der Waals surface area contributed by atoms with Crippen molar-refractivity contribution in [2.45, 2.75) is 34.6 Å². The molecule has 0 amide bonds. The smallest absolute Gasteiger partial charge is 0.104 e. The number of rotatable bonds is 7. The van der Waals surface area contributed by atoms with E-state index >= 15 is 0 Å². The number of nitrogens with zero attached hydrogens (tertiary/aromatic N) is 2. The van der Waals surface area contributed by atoms with E-state index < -0.39 is 0 Å². The highest BCUT2D eigenvalue weighted by atomic mass is 15.3. The van der Waals surface area contributed by atoms with Gasteiger partial charge in [-0.1, -0.05) is 12.2 Å². The van der Waals surface area contributed by atoms with E-state index in [1.165, 1.54) is 5.82 Å². The molecule has 88 valence electrons. The Labute approximate surface area is 95.3 Å². The summed E-state index contributed by atoms with van der Waals surface area (Å²) < 4.78 is 0. The van der Waals surface area contributed by atoms with Crippen molar-refractivity contribution in [3.05, 3.63) is 24.0 Å². The molecule has 0 fully saturated rings. The van der Waals surface area contributed by atoms with Crippen LogP contribution < -0.4 is 0 Å². The van der Waals surface area contributed by atoms with Crippen molar-refractivity contribution in [3.8, 4) is 0 Å². The fraction of sp³-hybridized carbons (Fsp3) is 0.692. The molecular weight excluding hydrogens is 184 g/mol. The van der Waals surface area contributed by atoms with Crippen LogP contribution in [0.1, 0.15) is 34.6 Å². The van der Waals surface area contributed by atoms with Gasteiger partial charge in [0.05, 0.1) is 0 Å². The maximum absolute atomic E-state index is 3.97. The standard InChI is InChI=1S/C13H26N2/c1-7-14(8-2)13(11-12(5)6)15(9-3)10-4/h11H,5,7-10H2,1-4,6H3. The lowest BCUT2D eigenvalue weighted by Gasteiger charge is -2.33.